The van der Waals surface area contributed by atoms with Gasteiger partial charge in [0, 0.05) is 11.6 Å². The number of nitro groups is 1. The Morgan fingerprint density at radius 2 is 1.96 bits per heavy atom. The van der Waals surface area contributed by atoms with Gasteiger partial charge in [0.05, 0.1) is 17.6 Å². The summed E-state index contributed by atoms with van der Waals surface area (Å²) in [4.78, 5) is 22.6. The van der Waals surface area contributed by atoms with Crippen LogP contribution in [0.1, 0.15) is 10.4 Å². The van der Waals surface area contributed by atoms with Gasteiger partial charge < -0.3 is 13.9 Å². The summed E-state index contributed by atoms with van der Waals surface area (Å²) in [5.41, 5.74) is 0.384. The van der Waals surface area contributed by atoms with Crippen molar-refractivity contribution in [2.45, 2.75) is 0 Å². The topological polar surface area (TPSA) is 118 Å². The van der Waals surface area contributed by atoms with Crippen LogP contribution in [0.2, 0.25) is 0 Å². The highest BCUT2D eigenvalue weighted by Crippen LogP contribution is 2.28. The van der Waals surface area contributed by atoms with Crippen LogP contribution < -0.4 is 9.47 Å². The van der Waals surface area contributed by atoms with E-state index in [9.17, 15) is 14.9 Å². The molecule has 0 fully saturated rings. The second kappa shape index (κ2) is 6.79. The predicted molar refractivity (Wildman–Crippen MR) is 84.3 cm³/mol. The van der Waals surface area contributed by atoms with E-state index in [0.717, 1.165) is 6.07 Å². The molecular weight excluding hydrogens is 330 g/mol. The first-order valence-corrected chi connectivity index (χ1v) is 6.99. The third-order valence-corrected chi connectivity index (χ3v) is 3.28. The predicted octanol–water partition coefficient (Wildman–Crippen LogP) is 2.87. The molecular formula is C16H11N3O6. The van der Waals surface area contributed by atoms with Gasteiger partial charge in [-0.05, 0) is 36.4 Å². The van der Waals surface area contributed by atoms with Crippen molar-refractivity contribution in [3.05, 3.63) is 64.5 Å². The Hall–Kier alpha value is -3.75. The van der Waals surface area contributed by atoms with Crippen molar-refractivity contribution >= 4 is 11.7 Å². The highest BCUT2D eigenvalue weighted by atomic mass is 16.6. The minimum atomic E-state index is -0.726. The first-order chi connectivity index (χ1) is 12.1. The standard InChI is InChI=1S/C16H11N3O6/c1-23-14-7-4-11(8-13(14)19(21)22)16(20)25-12-5-2-10(3-6-12)15-18-17-9-24-15/h2-9H,1H3. The van der Waals surface area contributed by atoms with Crippen molar-refractivity contribution in [1.29, 1.82) is 0 Å². The molecule has 0 aliphatic rings. The van der Waals surface area contributed by atoms with E-state index in [2.05, 4.69) is 10.2 Å². The normalized spacial score (nSPS) is 10.3. The summed E-state index contributed by atoms with van der Waals surface area (Å²) in [5, 5.41) is 18.4. The van der Waals surface area contributed by atoms with E-state index in [0.29, 0.717) is 11.5 Å². The Morgan fingerprint density at radius 3 is 2.56 bits per heavy atom. The maximum absolute atomic E-state index is 12.2. The molecule has 0 saturated heterocycles. The number of hydrogen-bond acceptors (Lipinski definition) is 8. The second-order valence-corrected chi connectivity index (χ2v) is 4.80. The molecule has 0 spiro atoms. The highest BCUT2D eigenvalue weighted by Gasteiger charge is 2.19. The molecule has 0 N–H and O–H groups in total. The first kappa shape index (κ1) is 16.1. The molecule has 0 atom stereocenters. The zero-order valence-corrected chi connectivity index (χ0v) is 12.9. The summed E-state index contributed by atoms with van der Waals surface area (Å²) in [6, 6.07) is 10.2. The lowest BCUT2D eigenvalue weighted by molar-refractivity contribution is -0.385. The summed E-state index contributed by atoms with van der Waals surface area (Å²) in [7, 11) is 1.31. The van der Waals surface area contributed by atoms with Gasteiger partial charge in [-0.2, -0.15) is 0 Å². The van der Waals surface area contributed by atoms with Gasteiger partial charge in [-0.25, -0.2) is 4.79 Å². The molecule has 1 heterocycles. The highest BCUT2D eigenvalue weighted by molar-refractivity contribution is 5.92. The Morgan fingerprint density at radius 1 is 1.20 bits per heavy atom. The first-order valence-electron chi connectivity index (χ1n) is 6.99. The van der Waals surface area contributed by atoms with Crippen LogP contribution in [-0.4, -0.2) is 28.2 Å². The average molecular weight is 341 g/mol. The Labute approximate surface area is 141 Å². The van der Waals surface area contributed by atoms with E-state index in [-0.39, 0.29) is 22.7 Å². The third kappa shape index (κ3) is 3.44. The number of methoxy groups -OCH3 is 1. The van der Waals surface area contributed by atoms with Crippen molar-refractivity contribution in [2.75, 3.05) is 7.11 Å². The smallest absolute Gasteiger partial charge is 0.343 e. The average Bonchev–Trinajstić information content (AvgIpc) is 3.16. The molecule has 126 valence electrons. The van der Waals surface area contributed by atoms with Crippen molar-refractivity contribution < 1.29 is 23.6 Å². The van der Waals surface area contributed by atoms with Crippen molar-refractivity contribution in [1.82, 2.24) is 10.2 Å². The molecule has 2 aromatic carbocycles. The molecule has 25 heavy (non-hydrogen) atoms. The number of carbonyl (C=O) groups is 1. The molecule has 0 bridgehead atoms. The fraction of sp³-hybridized carbons (Fsp3) is 0.0625. The van der Waals surface area contributed by atoms with E-state index in [1.54, 1.807) is 24.3 Å². The molecule has 3 aromatic rings. The van der Waals surface area contributed by atoms with Crippen LogP contribution in [0, 0.1) is 10.1 Å². The fourth-order valence-electron chi connectivity index (χ4n) is 2.09. The van der Waals surface area contributed by atoms with Crippen LogP contribution in [-0.2, 0) is 0 Å². The molecule has 0 radical (unpaired) electrons. The minimum absolute atomic E-state index is 0.0356. The summed E-state index contributed by atoms with van der Waals surface area (Å²) >= 11 is 0. The van der Waals surface area contributed by atoms with Crippen LogP contribution >= 0.6 is 0 Å². The van der Waals surface area contributed by atoms with Crippen LogP contribution in [0.4, 0.5) is 5.69 Å². The number of aromatic nitrogens is 2. The maximum atomic E-state index is 12.2. The van der Waals surface area contributed by atoms with E-state index in [1.807, 2.05) is 0 Å². The number of nitrogens with zero attached hydrogens (tertiary/aromatic N) is 3. The van der Waals surface area contributed by atoms with Crippen molar-refractivity contribution in [2.24, 2.45) is 0 Å². The van der Waals surface area contributed by atoms with Gasteiger partial charge in [-0.15, -0.1) is 10.2 Å². The zero-order valence-electron chi connectivity index (χ0n) is 12.9. The lowest BCUT2D eigenvalue weighted by atomic mass is 10.2. The van der Waals surface area contributed by atoms with Gasteiger partial charge >= 0.3 is 11.7 Å². The van der Waals surface area contributed by atoms with E-state index in [4.69, 9.17) is 13.9 Å². The van der Waals surface area contributed by atoms with E-state index >= 15 is 0 Å². The van der Waals surface area contributed by atoms with Crippen LogP contribution in [0.25, 0.3) is 11.5 Å². The van der Waals surface area contributed by atoms with Crippen molar-refractivity contribution in [3.8, 4) is 23.0 Å². The number of carbonyl (C=O) groups excluding carboxylic acids is 1. The largest absolute Gasteiger partial charge is 0.490 e. The Bertz CT molecular complexity index is 906. The quantitative estimate of drug-likeness (QED) is 0.301. The summed E-state index contributed by atoms with van der Waals surface area (Å²) in [6.45, 7) is 0. The molecule has 0 unspecified atom stereocenters. The van der Waals surface area contributed by atoms with E-state index < -0.39 is 10.9 Å². The van der Waals surface area contributed by atoms with Crippen LogP contribution in [0.5, 0.6) is 11.5 Å². The number of nitro benzene ring substituents is 1. The summed E-state index contributed by atoms with van der Waals surface area (Å²) in [5.74, 6) is -0.0582. The molecule has 3 rings (SSSR count). The molecule has 9 nitrogen and oxygen atoms in total. The number of ether oxygens (including phenoxy) is 2. The lowest BCUT2D eigenvalue weighted by Crippen LogP contribution is -2.09. The van der Waals surface area contributed by atoms with Gasteiger partial charge in [-0.3, -0.25) is 10.1 Å². The third-order valence-electron chi connectivity index (χ3n) is 3.28. The Balaban J connectivity index is 1.78. The van der Waals surface area contributed by atoms with Gasteiger partial charge in [0.2, 0.25) is 12.3 Å². The lowest BCUT2D eigenvalue weighted by Gasteiger charge is -2.06. The van der Waals surface area contributed by atoms with Gasteiger partial charge in [0.25, 0.3) is 0 Å². The van der Waals surface area contributed by atoms with Gasteiger partial charge in [0.1, 0.15) is 5.75 Å². The zero-order chi connectivity index (χ0) is 17.8. The summed E-state index contributed by atoms with van der Waals surface area (Å²) in [6.07, 6.45) is 1.21. The molecule has 0 aliphatic heterocycles. The van der Waals surface area contributed by atoms with Gasteiger partial charge in [0.15, 0.2) is 5.75 Å². The number of rotatable bonds is 5. The van der Waals surface area contributed by atoms with Gasteiger partial charge in [-0.1, -0.05) is 0 Å². The monoisotopic (exact) mass is 341 g/mol. The molecule has 0 amide bonds. The number of esters is 1. The van der Waals surface area contributed by atoms with Crippen molar-refractivity contribution in [3.63, 3.8) is 0 Å². The molecule has 9 heteroatoms. The second-order valence-electron chi connectivity index (χ2n) is 4.80. The maximum Gasteiger partial charge on any atom is 0.343 e. The van der Waals surface area contributed by atoms with Crippen LogP contribution in [0.15, 0.2) is 53.3 Å². The molecule has 0 aliphatic carbocycles. The Kier molecular flexibility index (Phi) is 4.38. The van der Waals surface area contributed by atoms with Crippen LogP contribution in [0.3, 0.4) is 0 Å². The summed E-state index contributed by atoms with van der Waals surface area (Å²) < 4.78 is 15.2. The minimum Gasteiger partial charge on any atom is -0.490 e. The SMILES string of the molecule is COc1ccc(C(=O)Oc2ccc(-c3nnco3)cc2)cc1[N+](=O)[O-]. The fourth-order valence-corrected chi connectivity index (χ4v) is 2.09. The number of benzene rings is 2. The molecule has 1 aromatic heterocycles. The van der Waals surface area contributed by atoms with E-state index in [1.165, 1.54) is 25.6 Å². The molecule has 0 saturated carbocycles. The number of hydrogen-bond donors (Lipinski definition) is 0.